The molecular formula is C15H29N5O. The molecule has 0 aliphatic carbocycles. The molecule has 0 aromatic heterocycles. The number of carbonyl (C=O) groups excluding carboxylic acids is 1. The number of piperidine rings is 1. The number of nitrogens with zero attached hydrogens (tertiary/aromatic N) is 4. The van der Waals surface area contributed by atoms with Gasteiger partial charge in [0, 0.05) is 78.5 Å². The number of carbonyl (C=O) groups is 1. The van der Waals surface area contributed by atoms with Crippen LogP contribution in [0.4, 0.5) is 4.79 Å². The van der Waals surface area contributed by atoms with Crippen LogP contribution in [-0.4, -0.2) is 104 Å². The summed E-state index contributed by atoms with van der Waals surface area (Å²) in [6.45, 7) is 8.97. The van der Waals surface area contributed by atoms with E-state index in [4.69, 9.17) is 0 Å². The van der Waals surface area contributed by atoms with E-state index in [0.717, 1.165) is 45.1 Å². The number of hydrogen-bond donors (Lipinski definition) is 1. The van der Waals surface area contributed by atoms with Crippen molar-refractivity contribution in [2.45, 2.75) is 24.9 Å². The lowest BCUT2D eigenvalue weighted by Gasteiger charge is -2.51. The lowest BCUT2D eigenvalue weighted by molar-refractivity contribution is -0.0157. The molecule has 3 heterocycles. The van der Waals surface area contributed by atoms with Crippen LogP contribution in [0, 0.1) is 0 Å². The van der Waals surface area contributed by atoms with Crippen molar-refractivity contribution in [3.8, 4) is 0 Å². The predicted octanol–water partition coefficient (Wildman–Crippen LogP) is -0.278. The van der Waals surface area contributed by atoms with Crippen molar-refractivity contribution in [3.05, 3.63) is 0 Å². The van der Waals surface area contributed by atoms with Crippen LogP contribution < -0.4 is 5.32 Å². The number of hydrogen-bond acceptors (Lipinski definition) is 4. The first-order valence-electron chi connectivity index (χ1n) is 8.30. The Hall–Kier alpha value is -0.850. The molecule has 0 aromatic rings. The van der Waals surface area contributed by atoms with Gasteiger partial charge in [0.1, 0.15) is 0 Å². The lowest BCUT2D eigenvalue weighted by Crippen LogP contribution is -2.65. The van der Waals surface area contributed by atoms with Crippen molar-refractivity contribution in [1.82, 2.24) is 24.9 Å². The molecule has 3 aliphatic rings. The fraction of sp³-hybridized carbons (Fsp3) is 0.933. The highest BCUT2D eigenvalue weighted by molar-refractivity contribution is 5.73. The van der Waals surface area contributed by atoms with Crippen molar-refractivity contribution in [2.75, 3.05) is 66.5 Å². The van der Waals surface area contributed by atoms with Gasteiger partial charge < -0.3 is 15.1 Å². The quantitative estimate of drug-likeness (QED) is 0.761. The molecule has 0 bridgehead atoms. The maximum Gasteiger partial charge on any atom is 0.319 e. The van der Waals surface area contributed by atoms with Crippen LogP contribution in [0.1, 0.15) is 12.8 Å². The van der Waals surface area contributed by atoms with Gasteiger partial charge in [-0.1, -0.05) is 0 Å². The zero-order valence-corrected chi connectivity index (χ0v) is 13.4. The van der Waals surface area contributed by atoms with E-state index in [2.05, 4.69) is 15.1 Å². The van der Waals surface area contributed by atoms with Crippen LogP contribution in [0.25, 0.3) is 0 Å². The summed E-state index contributed by atoms with van der Waals surface area (Å²) in [5.74, 6) is 0. The molecule has 6 heteroatoms. The van der Waals surface area contributed by atoms with E-state index in [0.29, 0.717) is 6.04 Å². The Kier molecular flexibility index (Phi) is 4.66. The first-order chi connectivity index (χ1) is 10.1. The number of likely N-dealkylation sites (tertiary alicyclic amines) is 2. The summed E-state index contributed by atoms with van der Waals surface area (Å²) in [6.07, 6.45) is 2.27. The zero-order chi connectivity index (χ0) is 14.8. The molecule has 1 N–H and O–H groups in total. The Balaban J connectivity index is 1.39. The number of nitrogens with one attached hydrogen (secondary N) is 1. The Morgan fingerprint density at radius 3 is 2.14 bits per heavy atom. The van der Waals surface area contributed by atoms with Gasteiger partial charge in [-0.3, -0.25) is 9.80 Å². The first kappa shape index (κ1) is 15.1. The molecule has 0 atom stereocenters. The van der Waals surface area contributed by atoms with Crippen molar-refractivity contribution >= 4 is 6.03 Å². The van der Waals surface area contributed by atoms with Gasteiger partial charge >= 0.3 is 6.03 Å². The summed E-state index contributed by atoms with van der Waals surface area (Å²) < 4.78 is 0. The SMILES string of the molecule is CN(C)C(=O)N1CCC(N2CC(N3CCNCC3)C2)CC1. The van der Waals surface area contributed by atoms with Gasteiger partial charge in [0.25, 0.3) is 0 Å². The van der Waals surface area contributed by atoms with E-state index < -0.39 is 0 Å². The molecule has 0 unspecified atom stereocenters. The molecule has 0 spiro atoms. The number of piperazine rings is 1. The van der Waals surface area contributed by atoms with Gasteiger partial charge in [-0.25, -0.2) is 4.79 Å². The average Bonchev–Trinajstić information content (AvgIpc) is 2.47. The number of rotatable bonds is 2. The van der Waals surface area contributed by atoms with Gasteiger partial charge in [0.15, 0.2) is 0 Å². The third-order valence-corrected chi connectivity index (χ3v) is 5.19. The van der Waals surface area contributed by atoms with Gasteiger partial charge in [0.2, 0.25) is 0 Å². The third kappa shape index (κ3) is 3.33. The average molecular weight is 295 g/mol. The minimum atomic E-state index is 0.163. The van der Waals surface area contributed by atoms with Crippen LogP contribution >= 0.6 is 0 Å². The Labute approximate surface area is 128 Å². The maximum atomic E-state index is 11.9. The first-order valence-corrected chi connectivity index (χ1v) is 8.30. The smallest absolute Gasteiger partial charge is 0.319 e. The molecule has 3 saturated heterocycles. The van der Waals surface area contributed by atoms with Crippen LogP contribution in [0.3, 0.4) is 0 Å². The van der Waals surface area contributed by atoms with Gasteiger partial charge in [-0.05, 0) is 12.8 Å². The summed E-state index contributed by atoms with van der Waals surface area (Å²) in [5.41, 5.74) is 0. The highest BCUT2D eigenvalue weighted by Gasteiger charge is 2.37. The van der Waals surface area contributed by atoms with Gasteiger partial charge in [-0.2, -0.15) is 0 Å². The van der Waals surface area contributed by atoms with Crippen molar-refractivity contribution in [1.29, 1.82) is 0 Å². The van der Waals surface area contributed by atoms with E-state index >= 15 is 0 Å². The van der Waals surface area contributed by atoms with Gasteiger partial charge in [0.05, 0.1) is 0 Å². The molecule has 6 nitrogen and oxygen atoms in total. The molecule has 3 fully saturated rings. The standard InChI is InChI=1S/C15H29N5O/c1-17(2)15(21)19-7-3-13(4-8-19)20-11-14(12-20)18-9-5-16-6-10-18/h13-14,16H,3-12H2,1-2H3. The predicted molar refractivity (Wildman–Crippen MR) is 83.5 cm³/mol. The summed E-state index contributed by atoms with van der Waals surface area (Å²) in [6, 6.07) is 1.62. The molecule has 2 amide bonds. The Bertz CT molecular complexity index is 355. The molecule has 0 radical (unpaired) electrons. The Morgan fingerprint density at radius 1 is 0.952 bits per heavy atom. The highest BCUT2D eigenvalue weighted by Crippen LogP contribution is 2.24. The fourth-order valence-corrected chi connectivity index (χ4v) is 3.77. The van der Waals surface area contributed by atoms with E-state index in [-0.39, 0.29) is 6.03 Å². The second-order valence-corrected chi connectivity index (χ2v) is 6.79. The van der Waals surface area contributed by atoms with Crippen molar-refractivity contribution in [3.63, 3.8) is 0 Å². The molecule has 21 heavy (non-hydrogen) atoms. The molecular weight excluding hydrogens is 266 g/mol. The Morgan fingerprint density at radius 2 is 1.57 bits per heavy atom. The van der Waals surface area contributed by atoms with E-state index in [1.54, 1.807) is 4.90 Å². The van der Waals surface area contributed by atoms with Crippen molar-refractivity contribution in [2.24, 2.45) is 0 Å². The summed E-state index contributed by atoms with van der Waals surface area (Å²) in [5, 5.41) is 3.42. The van der Waals surface area contributed by atoms with Crippen LogP contribution in [0.5, 0.6) is 0 Å². The van der Waals surface area contributed by atoms with E-state index in [9.17, 15) is 4.79 Å². The second kappa shape index (κ2) is 6.50. The highest BCUT2D eigenvalue weighted by atomic mass is 16.2. The summed E-state index contributed by atoms with van der Waals surface area (Å²) in [4.78, 5) is 20.9. The fourth-order valence-electron chi connectivity index (χ4n) is 3.77. The zero-order valence-electron chi connectivity index (χ0n) is 13.4. The number of amides is 2. The third-order valence-electron chi connectivity index (χ3n) is 5.19. The largest absolute Gasteiger partial charge is 0.331 e. The normalized spacial score (nSPS) is 26.7. The number of urea groups is 1. The van der Waals surface area contributed by atoms with Gasteiger partial charge in [-0.15, -0.1) is 0 Å². The van der Waals surface area contributed by atoms with E-state index in [1.807, 2.05) is 19.0 Å². The molecule has 3 rings (SSSR count). The van der Waals surface area contributed by atoms with Crippen LogP contribution in [0.15, 0.2) is 0 Å². The summed E-state index contributed by atoms with van der Waals surface area (Å²) in [7, 11) is 3.67. The molecule has 3 aliphatic heterocycles. The summed E-state index contributed by atoms with van der Waals surface area (Å²) >= 11 is 0. The van der Waals surface area contributed by atoms with Crippen LogP contribution in [0.2, 0.25) is 0 Å². The molecule has 0 aromatic carbocycles. The molecule has 0 saturated carbocycles. The lowest BCUT2D eigenvalue weighted by atomic mass is 9.96. The minimum Gasteiger partial charge on any atom is -0.331 e. The van der Waals surface area contributed by atoms with Crippen molar-refractivity contribution < 1.29 is 4.79 Å². The second-order valence-electron chi connectivity index (χ2n) is 6.79. The van der Waals surface area contributed by atoms with Crippen LogP contribution in [-0.2, 0) is 0 Å². The molecule has 120 valence electrons. The van der Waals surface area contributed by atoms with E-state index in [1.165, 1.54) is 26.2 Å². The topological polar surface area (TPSA) is 42.1 Å². The minimum absolute atomic E-state index is 0.163. The monoisotopic (exact) mass is 295 g/mol. The maximum absolute atomic E-state index is 11.9.